The highest BCUT2D eigenvalue weighted by molar-refractivity contribution is 5.92. The van der Waals surface area contributed by atoms with Gasteiger partial charge in [0.2, 0.25) is 0 Å². The van der Waals surface area contributed by atoms with E-state index in [-0.39, 0.29) is 5.97 Å². The Morgan fingerprint density at radius 2 is 1.42 bits per heavy atom. The van der Waals surface area contributed by atoms with Crippen LogP contribution < -0.4 is 9.47 Å². The van der Waals surface area contributed by atoms with Gasteiger partial charge < -0.3 is 14.2 Å². The average molecular weight is 446 g/mol. The van der Waals surface area contributed by atoms with E-state index in [2.05, 4.69) is 4.99 Å². The molecule has 0 saturated carbocycles. The van der Waals surface area contributed by atoms with Crippen molar-refractivity contribution in [1.82, 2.24) is 0 Å². The lowest BCUT2D eigenvalue weighted by atomic mass is 10.1. The van der Waals surface area contributed by atoms with Crippen molar-refractivity contribution in [1.29, 1.82) is 0 Å². The predicted molar refractivity (Wildman–Crippen MR) is 128 cm³/mol. The summed E-state index contributed by atoms with van der Waals surface area (Å²) < 4.78 is 15.8. The van der Waals surface area contributed by atoms with Gasteiger partial charge in [-0.25, -0.2) is 9.59 Å². The molecule has 0 fully saturated rings. The summed E-state index contributed by atoms with van der Waals surface area (Å²) in [6.07, 6.45) is 2.68. The maximum absolute atomic E-state index is 12.4. The minimum absolute atomic E-state index is 0.314. The summed E-state index contributed by atoms with van der Waals surface area (Å²) in [5, 5.41) is 0. The van der Waals surface area contributed by atoms with E-state index in [1.807, 2.05) is 38.1 Å². The molecule has 1 unspecified atom stereocenters. The van der Waals surface area contributed by atoms with Gasteiger partial charge in [0.25, 0.3) is 0 Å². The molecule has 0 radical (unpaired) electrons. The fraction of sp³-hybridized carbons (Fsp3) is 0.222. The molecule has 0 heterocycles. The van der Waals surface area contributed by atoms with Crippen molar-refractivity contribution in [2.24, 2.45) is 10.9 Å². The average Bonchev–Trinajstić information content (AvgIpc) is 2.86. The lowest BCUT2D eigenvalue weighted by molar-refractivity contribution is 0.0447. The zero-order chi connectivity index (χ0) is 23.6. The predicted octanol–water partition coefficient (Wildman–Crippen LogP) is 5.87. The molecule has 1 atom stereocenters. The molecule has 3 aromatic carbocycles. The maximum Gasteiger partial charge on any atom is 0.343 e. The third kappa shape index (κ3) is 7.04. The smallest absolute Gasteiger partial charge is 0.343 e. The second-order valence-corrected chi connectivity index (χ2v) is 7.60. The van der Waals surface area contributed by atoms with Crippen molar-refractivity contribution in [3.05, 3.63) is 89.5 Å². The highest BCUT2D eigenvalue weighted by Crippen LogP contribution is 2.18. The van der Waals surface area contributed by atoms with E-state index in [1.54, 1.807) is 61.9 Å². The van der Waals surface area contributed by atoms with Crippen LogP contribution in [0.4, 0.5) is 5.69 Å². The highest BCUT2D eigenvalue weighted by Gasteiger charge is 2.12. The molecule has 0 aliphatic rings. The first kappa shape index (κ1) is 23.7. The summed E-state index contributed by atoms with van der Waals surface area (Å²) in [7, 11) is 1.62. The van der Waals surface area contributed by atoms with Crippen LogP contribution in [-0.2, 0) is 4.74 Å². The van der Waals surface area contributed by atoms with Gasteiger partial charge in [-0.3, -0.25) is 4.99 Å². The zero-order valence-corrected chi connectivity index (χ0v) is 19.0. The molecule has 0 aliphatic carbocycles. The van der Waals surface area contributed by atoms with E-state index in [0.717, 1.165) is 17.7 Å². The van der Waals surface area contributed by atoms with Gasteiger partial charge in [0.15, 0.2) is 0 Å². The second-order valence-electron chi connectivity index (χ2n) is 7.60. The fourth-order valence-corrected chi connectivity index (χ4v) is 2.77. The number of methoxy groups -OCH3 is 1. The van der Waals surface area contributed by atoms with E-state index < -0.39 is 5.97 Å². The van der Waals surface area contributed by atoms with Crippen molar-refractivity contribution < 1.29 is 23.8 Å². The molecule has 0 aromatic heterocycles. The van der Waals surface area contributed by atoms with Crippen molar-refractivity contribution in [3.8, 4) is 11.5 Å². The van der Waals surface area contributed by atoms with E-state index >= 15 is 0 Å². The molecule has 6 nitrogen and oxygen atoms in total. The zero-order valence-electron chi connectivity index (χ0n) is 19.0. The third-order valence-electron chi connectivity index (χ3n) is 5.08. The second kappa shape index (κ2) is 11.6. The Morgan fingerprint density at radius 3 is 2.03 bits per heavy atom. The number of hydrogen-bond acceptors (Lipinski definition) is 6. The molecule has 0 bridgehead atoms. The molecular weight excluding hydrogens is 418 g/mol. The molecule has 170 valence electrons. The largest absolute Gasteiger partial charge is 0.497 e. The summed E-state index contributed by atoms with van der Waals surface area (Å²) in [6.45, 7) is 4.45. The first-order chi connectivity index (χ1) is 16.0. The topological polar surface area (TPSA) is 74.2 Å². The lowest BCUT2D eigenvalue weighted by Gasteiger charge is -2.10. The molecule has 3 aromatic rings. The number of nitrogens with zero attached hydrogens (tertiary/aromatic N) is 1. The number of ether oxygens (including phenoxy) is 3. The number of carbonyl (C=O) groups is 2. The van der Waals surface area contributed by atoms with E-state index in [9.17, 15) is 9.59 Å². The Bertz CT molecular complexity index is 1090. The van der Waals surface area contributed by atoms with Crippen LogP contribution in [0.25, 0.3) is 0 Å². The third-order valence-corrected chi connectivity index (χ3v) is 5.08. The van der Waals surface area contributed by atoms with Gasteiger partial charge in [-0.2, -0.15) is 0 Å². The van der Waals surface area contributed by atoms with Gasteiger partial charge in [0.05, 0.1) is 30.5 Å². The molecule has 0 amide bonds. The Labute approximate surface area is 193 Å². The Hall–Kier alpha value is -3.93. The molecular formula is C27H27NO5. The Kier molecular flexibility index (Phi) is 8.36. The first-order valence-corrected chi connectivity index (χ1v) is 10.8. The number of benzene rings is 3. The Balaban J connectivity index is 1.55. The van der Waals surface area contributed by atoms with Crippen LogP contribution >= 0.6 is 0 Å². The molecule has 33 heavy (non-hydrogen) atoms. The van der Waals surface area contributed by atoms with Crippen LogP contribution in [0, 0.1) is 5.92 Å². The van der Waals surface area contributed by atoms with Crippen molar-refractivity contribution in [2.45, 2.75) is 20.3 Å². The van der Waals surface area contributed by atoms with Gasteiger partial charge in [0.1, 0.15) is 11.5 Å². The quantitative estimate of drug-likeness (QED) is 0.234. The molecule has 0 saturated heterocycles. The summed E-state index contributed by atoms with van der Waals surface area (Å²) in [6, 6.07) is 20.7. The van der Waals surface area contributed by atoms with Gasteiger partial charge in [-0.1, -0.05) is 20.3 Å². The van der Waals surface area contributed by atoms with Crippen molar-refractivity contribution in [3.63, 3.8) is 0 Å². The van der Waals surface area contributed by atoms with Crippen LogP contribution in [0.15, 0.2) is 77.8 Å². The fourth-order valence-electron chi connectivity index (χ4n) is 2.77. The monoisotopic (exact) mass is 445 g/mol. The Morgan fingerprint density at radius 1 is 0.848 bits per heavy atom. The van der Waals surface area contributed by atoms with E-state index in [1.165, 1.54) is 0 Å². The van der Waals surface area contributed by atoms with Gasteiger partial charge in [0, 0.05) is 6.21 Å². The van der Waals surface area contributed by atoms with Gasteiger partial charge in [-0.15, -0.1) is 0 Å². The van der Waals surface area contributed by atoms with Crippen LogP contribution in [0.1, 0.15) is 46.5 Å². The molecule has 0 aliphatic heterocycles. The summed E-state index contributed by atoms with van der Waals surface area (Å²) in [4.78, 5) is 28.9. The minimum atomic E-state index is -0.493. The standard InChI is InChI=1S/C27H27NO5/c1-4-19(2)18-32-26(29)21-9-15-25(16-10-21)33-27(30)22-7-11-23(12-8-22)28-17-20-5-13-24(31-3)14-6-20/h5-17,19H,4,18H2,1-3H3. The van der Waals surface area contributed by atoms with Gasteiger partial charge >= 0.3 is 11.9 Å². The number of carbonyl (C=O) groups excluding carboxylic acids is 2. The first-order valence-electron chi connectivity index (χ1n) is 10.8. The van der Waals surface area contributed by atoms with Crippen molar-refractivity contribution >= 4 is 23.8 Å². The lowest BCUT2D eigenvalue weighted by Crippen LogP contribution is -2.12. The van der Waals surface area contributed by atoms with Crippen molar-refractivity contribution in [2.75, 3.05) is 13.7 Å². The van der Waals surface area contributed by atoms with E-state index in [4.69, 9.17) is 14.2 Å². The molecule has 6 heteroatoms. The van der Waals surface area contributed by atoms with E-state index in [0.29, 0.717) is 35.1 Å². The van der Waals surface area contributed by atoms with Crippen LogP contribution in [0.3, 0.4) is 0 Å². The van der Waals surface area contributed by atoms with Gasteiger partial charge in [-0.05, 0) is 84.3 Å². The highest BCUT2D eigenvalue weighted by atomic mass is 16.5. The molecule has 0 spiro atoms. The van der Waals surface area contributed by atoms with Crippen LogP contribution in [0.5, 0.6) is 11.5 Å². The normalized spacial score (nSPS) is 11.7. The molecule has 3 rings (SSSR count). The number of aliphatic imine (C=N–C) groups is 1. The maximum atomic E-state index is 12.4. The number of hydrogen-bond donors (Lipinski definition) is 0. The van der Waals surface area contributed by atoms with Crippen LogP contribution in [0.2, 0.25) is 0 Å². The number of esters is 2. The minimum Gasteiger partial charge on any atom is -0.497 e. The summed E-state index contributed by atoms with van der Waals surface area (Å²) in [5.74, 6) is 0.562. The SMILES string of the molecule is CCC(C)COC(=O)c1ccc(OC(=O)c2ccc(N=Cc3ccc(OC)cc3)cc2)cc1. The summed E-state index contributed by atoms with van der Waals surface area (Å²) >= 11 is 0. The number of rotatable bonds is 9. The summed E-state index contributed by atoms with van der Waals surface area (Å²) in [5.41, 5.74) is 2.46. The molecule has 0 N–H and O–H groups in total. The van der Waals surface area contributed by atoms with Crippen LogP contribution in [-0.4, -0.2) is 31.9 Å².